The third-order valence-electron chi connectivity index (χ3n) is 12.2. The van der Waals surface area contributed by atoms with Crippen molar-refractivity contribution in [2.45, 2.75) is 0 Å². The van der Waals surface area contributed by atoms with Gasteiger partial charge in [0.05, 0.1) is 22.4 Å². The molecule has 0 aliphatic heterocycles. The van der Waals surface area contributed by atoms with E-state index in [-0.39, 0.29) is 0 Å². The Morgan fingerprint density at radius 3 is 1.54 bits per heavy atom. The molecule has 0 saturated heterocycles. The van der Waals surface area contributed by atoms with E-state index in [4.69, 9.17) is 4.42 Å². The van der Waals surface area contributed by atoms with Gasteiger partial charge in [-0.1, -0.05) is 176 Å². The van der Waals surface area contributed by atoms with Gasteiger partial charge in [0, 0.05) is 38.5 Å². The summed E-state index contributed by atoms with van der Waals surface area (Å²) >= 11 is 0. The summed E-state index contributed by atoms with van der Waals surface area (Å²) < 4.78 is 9.08. The summed E-state index contributed by atoms with van der Waals surface area (Å²) in [7, 11) is 0. The van der Waals surface area contributed by atoms with Crippen molar-refractivity contribution < 1.29 is 4.42 Å². The van der Waals surface area contributed by atoms with Gasteiger partial charge in [-0.25, -0.2) is 0 Å². The number of nitrogens with zero attached hydrogens (tertiary/aromatic N) is 2. The Hall–Kier alpha value is -8.14. The summed E-state index contributed by atoms with van der Waals surface area (Å²) in [5.41, 5.74) is 15.4. The number of anilines is 3. The summed E-state index contributed by atoms with van der Waals surface area (Å²) in [6.45, 7) is 0. The molecule has 0 spiro atoms. The Balaban J connectivity index is 0.987. The highest BCUT2D eigenvalue weighted by Gasteiger charge is 2.21. The average molecular weight is 779 g/mol. The lowest BCUT2D eigenvalue weighted by Crippen LogP contribution is -2.10. The summed E-state index contributed by atoms with van der Waals surface area (Å²) in [5.74, 6) is 0. The fraction of sp³-hybridized carbons (Fsp3) is 0. The van der Waals surface area contributed by atoms with E-state index in [1.807, 2.05) is 12.1 Å². The molecule has 0 atom stereocenters. The van der Waals surface area contributed by atoms with Gasteiger partial charge in [0.15, 0.2) is 5.58 Å². The zero-order valence-corrected chi connectivity index (χ0v) is 33.2. The second-order valence-electron chi connectivity index (χ2n) is 15.6. The highest BCUT2D eigenvalue weighted by atomic mass is 16.3. The lowest BCUT2D eigenvalue weighted by molar-refractivity contribution is 0.669. The average Bonchev–Trinajstić information content (AvgIpc) is 3.88. The molecule has 0 bridgehead atoms. The van der Waals surface area contributed by atoms with Crippen molar-refractivity contribution in [1.29, 1.82) is 0 Å². The molecule has 10 aromatic carbocycles. The van der Waals surface area contributed by atoms with Gasteiger partial charge in [0.1, 0.15) is 5.58 Å². The number of rotatable bonds is 7. The van der Waals surface area contributed by atoms with Crippen LogP contribution >= 0.6 is 0 Å². The molecule has 0 aliphatic carbocycles. The largest absolute Gasteiger partial charge is 0.454 e. The topological polar surface area (TPSA) is 21.3 Å². The first-order chi connectivity index (χ1) is 30.3. The molecule has 0 saturated carbocycles. The molecule has 61 heavy (non-hydrogen) atoms. The van der Waals surface area contributed by atoms with E-state index in [9.17, 15) is 0 Å². The highest BCUT2D eigenvalue weighted by Crippen LogP contribution is 2.44. The van der Waals surface area contributed by atoms with E-state index in [1.165, 1.54) is 60.4 Å². The molecule has 0 unspecified atom stereocenters. The molecular formula is C58H38N2O. The molecule has 0 aliphatic rings. The number of furan rings is 1. The van der Waals surface area contributed by atoms with Crippen LogP contribution in [0.5, 0.6) is 0 Å². The third-order valence-corrected chi connectivity index (χ3v) is 12.2. The summed E-state index contributed by atoms with van der Waals surface area (Å²) in [6, 6.07) is 82.8. The number of hydrogen-bond acceptors (Lipinski definition) is 2. The predicted molar refractivity (Wildman–Crippen MR) is 257 cm³/mol. The van der Waals surface area contributed by atoms with E-state index in [1.54, 1.807) is 0 Å². The van der Waals surface area contributed by atoms with Crippen molar-refractivity contribution in [3.05, 3.63) is 231 Å². The standard InChI is InChI=1S/C58H38N2O/c1-2-17-44-39(15-1)16-13-24-45(44)40-31-35-42(36-32-40)59(56-29-14-25-52-51-23-8-12-30-57(51)61-58(52)56)43-37-33-41(34-38-43)46-18-3-4-19-47(46)48-20-5-9-26-53(48)60-54-27-10-6-21-49(54)50-22-7-11-28-55(50)60/h1-38H. The van der Waals surface area contributed by atoms with Crippen LogP contribution in [0.3, 0.4) is 0 Å². The maximum absolute atomic E-state index is 6.66. The molecule has 2 heterocycles. The van der Waals surface area contributed by atoms with Gasteiger partial charge in [-0.05, 0) is 93.2 Å². The van der Waals surface area contributed by atoms with Crippen LogP contribution < -0.4 is 4.90 Å². The van der Waals surface area contributed by atoms with E-state index < -0.39 is 0 Å². The van der Waals surface area contributed by atoms with E-state index in [0.717, 1.165) is 50.3 Å². The quantitative estimate of drug-likeness (QED) is 0.161. The van der Waals surface area contributed by atoms with Crippen molar-refractivity contribution in [2.75, 3.05) is 4.90 Å². The fourth-order valence-corrected chi connectivity index (χ4v) is 9.44. The molecule has 0 amide bonds. The van der Waals surface area contributed by atoms with Crippen LogP contribution in [0.2, 0.25) is 0 Å². The zero-order valence-electron chi connectivity index (χ0n) is 33.2. The number of aromatic nitrogens is 1. The smallest absolute Gasteiger partial charge is 0.159 e. The van der Waals surface area contributed by atoms with Crippen molar-refractivity contribution in [3.63, 3.8) is 0 Å². The van der Waals surface area contributed by atoms with Crippen LogP contribution in [-0.2, 0) is 0 Å². The monoisotopic (exact) mass is 778 g/mol. The number of para-hydroxylation sites is 5. The number of hydrogen-bond donors (Lipinski definition) is 0. The lowest BCUT2D eigenvalue weighted by Gasteiger charge is -2.26. The summed E-state index contributed by atoms with van der Waals surface area (Å²) in [5, 5.41) is 7.19. The first kappa shape index (κ1) is 34.9. The second kappa shape index (κ2) is 14.3. The molecule has 2 aromatic heterocycles. The molecule has 12 rings (SSSR count). The van der Waals surface area contributed by atoms with Gasteiger partial charge in [-0.15, -0.1) is 0 Å². The van der Waals surface area contributed by atoms with Gasteiger partial charge in [0.25, 0.3) is 0 Å². The molecule has 3 nitrogen and oxygen atoms in total. The molecule has 0 fully saturated rings. The minimum Gasteiger partial charge on any atom is -0.454 e. The van der Waals surface area contributed by atoms with Gasteiger partial charge in [-0.3, -0.25) is 0 Å². The summed E-state index contributed by atoms with van der Waals surface area (Å²) in [6.07, 6.45) is 0. The Morgan fingerprint density at radius 1 is 0.328 bits per heavy atom. The minimum atomic E-state index is 0.859. The first-order valence-electron chi connectivity index (χ1n) is 20.8. The molecule has 286 valence electrons. The molecule has 0 radical (unpaired) electrons. The van der Waals surface area contributed by atoms with E-state index >= 15 is 0 Å². The third kappa shape index (κ3) is 5.74. The van der Waals surface area contributed by atoms with Crippen molar-refractivity contribution >= 4 is 71.6 Å². The van der Waals surface area contributed by atoms with Crippen LogP contribution in [0.4, 0.5) is 17.1 Å². The minimum absolute atomic E-state index is 0.859. The van der Waals surface area contributed by atoms with Crippen LogP contribution in [-0.4, -0.2) is 4.57 Å². The van der Waals surface area contributed by atoms with Crippen LogP contribution in [0.1, 0.15) is 0 Å². The first-order valence-corrected chi connectivity index (χ1v) is 20.8. The predicted octanol–water partition coefficient (Wildman–Crippen LogP) is 16.3. The SMILES string of the molecule is c1ccc(-c2ccccc2-n2c3ccccc3c3ccccc32)c(-c2ccc(N(c3ccc(-c4cccc5ccccc45)cc3)c3cccc4c3oc3ccccc34)cc2)c1. The van der Waals surface area contributed by atoms with Crippen LogP contribution in [0, 0.1) is 0 Å². The Morgan fingerprint density at radius 2 is 0.820 bits per heavy atom. The molecule has 0 N–H and O–H groups in total. The highest BCUT2D eigenvalue weighted by molar-refractivity contribution is 6.11. The Labute approximate surface area is 353 Å². The Kier molecular flexibility index (Phi) is 8.17. The lowest BCUT2D eigenvalue weighted by atomic mass is 9.93. The van der Waals surface area contributed by atoms with E-state index in [0.29, 0.717) is 0 Å². The zero-order chi connectivity index (χ0) is 40.3. The van der Waals surface area contributed by atoms with Gasteiger partial charge in [0.2, 0.25) is 0 Å². The second-order valence-corrected chi connectivity index (χ2v) is 15.6. The molecule has 12 aromatic rings. The van der Waals surface area contributed by atoms with Crippen LogP contribution in [0.25, 0.3) is 93.6 Å². The molecule has 3 heteroatoms. The summed E-state index contributed by atoms with van der Waals surface area (Å²) in [4.78, 5) is 2.32. The fourth-order valence-electron chi connectivity index (χ4n) is 9.44. The van der Waals surface area contributed by atoms with Gasteiger partial charge >= 0.3 is 0 Å². The molecular weight excluding hydrogens is 741 g/mol. The maximum Gasteiger partial charge on any atom is 0.159 e. The maximum atomic E-state index is 6.66. The Bertz CT molecular complexity index is 3530. The number of benzene rings is 10. The normalized spacial score (nSPS) is 11.6. The van der Waals surface area contributed by atoms with Crippen molar-refractivity contribution in [3.8, 4) is 39.1 Å². The van der Waals surface area contributed by atoms with Crippen molar-refractivity contribution in [2.24, 2.45) is 0 Å². The van der Waals surface area contributed by atoms with Gasteiger partial charge < -0.3 is 13.9 Å². The number of fused-ring (bicyclic) bond motifs is 7. The van der Waals surface area contributed by atoms with Crippen LogP contribution in [0.15, 0.2) is 235 Å². The van der Waals surface area contributed by atoms with Gasteiger partial charge in [-0.2, -0.15) is 0 Å². The van der Waals surface area contributed by atoms with E-state index in [2.05, 4.69) is 228 Å². The van der Waals surface area contributed by atoms with Crippen molar-refractivity contribution in [1.82, 2.24) is 4.57 Å².